The van der Waals surface area contributed by atoms with Crippen molar-refractivity contribution in [3.63, 3.8) is 0 Å². The number of aliphatic hydroxyl groups is 4. The van der Waals surface area contributed by atoms with E-state index >= 15 is 0 Å². The molecule has 0 unspecified atom stereocenters. The molecule has 0 radical (unpaired) electrons. The summed E-state index contributed by atoms with van der Waals surface area (Å²) in [6.45, 7) is 22.9. The number of benzene rings is 3. The highest BCUT2D eigenvalue weighted by Gasteiger charge is 2.45. The van der Waals surface area contributed by atoms with Gasteiger partial charge in [-0.2, -0.15) is 0 Å². The number of aliphatic carboxylic acids is 1. The first-order valence-electron chi connectivity index (χ1n) is 36.5. The molecular weight excluding hydrogens is 1270 g/mol. The number of carbonyl (C=O) groups is 6. The highest BCUT2D eigenvalue weighted by atomic mass is 19.1. The van der Waals surface area contributed by atoms with Gasteiger partial charge in [0.2, 0.25) is 0 Å². The Bertz CT molecular complexity index is 3540. The molecular formula is C82H109FN2O15. The molecule has 0 spiro atoms. The Hall–Kier alpha value is -7.51. The minimum atomic E-state index is -1.18. The predicted molar refractivity (Wildman–Crippen MR) is 384 cm³/mol. The van der Waals surface area contributed by atoms with Gasteiger partial charge in [0.05, 0.1) is 66.3 Å². The van der Waals surface area contributed by atoms with Crippen molar-refractivity contribution in [1.29, 1.82) is 0 Å². The lowest BCUT2D eigenvalue weighted by atomic mass is 9.65. The van der Waals surface area contributed by atoms with Gasteiger partial charge in [-0.05, 0) is 178 Å². The largest absolute Gasteiger partial charge is 0.481 e. The van der Waals surface area contributed by atoms with E-state index in [1.165, 1.54) is 23.3 Å². The lowest BCUT2D eigenvalue weighted by Gasteiger charge is -2.44. The van der Waals surface area contributed by atoms with Crippen LogP contribution in [0, 0.1) is 64.5 Å². The fourth-order valence-corrected chi connectivity index (χ4v) is 15.4. The minimum Gasteiger partial charge on any atom is -0.481 e. The van der Waals surface area contributed by atoms with E-state index in [0.29, 0.717) is 76.4 Å². The van der Waals surface area contributed by atoms with Gasteiger partial charge in [-0.3, -0.25) is 28.8 Å². The Kier molecular flexibility index (Phi) is 28.1. The van der Waals surface area contributed by atoms with Crippen LogP contribution in [0.1, 0.15) is 194 Å². The molecule has 17 atom stereocenters. The number of esters is 4. The van der Waals surface area contributed by atoms with E-state index in [9.17, 15) is 53.6 Å². The molecule has 1 aromatic heterocycles. The van der Waals surface area contributed by atoms with Crippen molar-refractivity contribution in [3.05, 3.63) is 150 Å². The summed E-state index contributed by atoms with van der Waals surface area (Å²) in [6, 6.07) is 24.8. The lowest BCUT2D eigenvalue weighted by molar-refractivity contribution is -0.166. The monoisotopic (exact) mass is 1380 g/mol. The highest BCUT2D eigenvalue weighted by molar-refractivity contribution is 6.12. The SMILES string of the molecule is CC(C)c1c(C(=O)Nc2ccccc2)c(-c2ccccc2)c(-c2ccc(F)cc2)n1CC[C@@H](O)C[C@@H](O)CC(=O)O.CCC(C)(C)C(=O)O[C@H]1C[C@@H](C)C=C2C=C[C@H](C)[C@H](CC[C@@H]3C[C@@H](O)CC(=O)O3)[C@H]21.CC[C@H](C)C(=O)O[C@H]1C[C@@H](C)C=C2C=C[C@H](C)[C@H](CC[C@@H]3C[C@@H](O)CC(=O)O3)[C@H]21. The zero-order valence-corrected chi connectivity index (χ0v) is 60.4. The molecule has 10 rings (SSSR count). The van der Waals surface area contributed by atoms with E-state index in [2.05, 4.69) is 69.5 Å². The minimum absolute atomic E-state index is 0.0854. The number of carboxylic acid groups (broad SMARTS) is 1. The van der Waals surface area contributed by atoms with Crippen molar-refractivity contribution >= 4 is 41.4 Å². The number of hydrogen-bond acceptors (Lipinski definition) is 14. The van der Waals surface area contributed by atoms with Gasteiger partial charge in [0.25, 0.3) is 5.91 Å². The quantitative estimate of drug-likeness (QED) is 0.0282. The number of fused-ring (bicyclic) bond motifs is 2. The molecule has 2 aliphatic heterocycles. The molecule has 2 fully saturated rings. The zero-order chi connectivity index (χ0) is 72.7. The van der Waals surface area contributed by atoms with Crippen LogP contribution >= 0.6 is 0 Å². The van der Waals surface area contributed by atoms with Gasteiger partial charge in [-0.25, -0.2) is 4.39 Å². The standard InChI is InChI=1S/C33H35FN2O5.C25H38O5.C24H36O5/c1-21(2)31-30(33(41)35-25-11-7-4-8-12-25)29(22-9-5-3-6-10-22)32(23-13-15-24(34)16-14-23)36(31)18-17-26(37)19-27(38)20-28(39)40;1-6-25(4,5)24(28)30-21-12-15(2)11-17-8-7-16(3)20(23(17)21)10-9-19-13-18(26)14-22(27)29-19;1-5-15(3)24(27)29-21-11-14(2)10-17-7-6-16(4)20(23(17)21)9-8-19-12-18(25)13-22(26)28-19/h3-16,21,26-27,37-38H,17-20H2,1-2H3,(H,35,41)(H,39,40);7-8,11,15-16,18-21,23,26H,6,9-10,12-14H2,1-5H3;6-7,10,14-16,18-21,23,25H,5,8-9,11-13H2,1-4H3/t26-,27-;15-,16-,18+,19+,20-,21-,23-;14-,15-,16-,18+,19+,20-,21-,23-/m100/s1. The van der Waals surface area contributed by atoms with E-state index < -0.39 is 42.2 Å². The molecule has 100 heavy (non-hydrogen) atoms. The van der Waals surface area contributed by atoms with Crippen LogP contribution in [0.15, 0.2) is 133 Å². The number of carboxylic acids is 1. The maximum atomic E-state index is 14.0. The Morgan fingerprint density at radius 3 is 1.67 bits per heavy atom. The summed E-state index contributed by atoms with van der Waals surface area (Å²) in [5.41, 5.74) is 6.83. The highest BCUT2D eigenvalue weighted by Crippen LogP contribution is 2.48. The molecule has 4 aliphatic carbocycles. The summed E-state index contributed by atoms with van der Waals surface area (Å²) in [7, 11) is 0. The number of cyclic esters (lactones) is 2. The fourth-order valence-electron chi connectivity index (χ4n) is 15.4. The molecule has 0 bridgehead atoms. The van der Waals surface area contributed by atoms with Crippen molar-refractivity contribution < 1.29 is 77.6 Å². The van der Waals surface area contributed by atoms with Gasteiger partial charge in [-0.15, -0.1) is 0 Å². The Morgan fingerprint density at radius 2 is 1.19 bits per heavy atom. The number of rotatable bonds is 24. The van der Waals surface area contributed by atoms with Gasteiger partial charge in [-0.1, -0.05) is 147 Å². The van der Waals surface area contributed by atoms with Crippen molar-refractivity contribution in [3.8, 4) is 22.4 Å². The second kappa shape index (κ2) is 35.9. The van der Waals surface area contributed by atoms with Crippen LogP contribution in [-0.2, 0) is 49.5 Å². The van der Waals surface area contributed by atoms with Crippen LogP contribution in [0.3, 0.4) is 0 Å². The number of hydrogen-bond donors (Lipinski definition) is 6. The number of para-hydroxylation sites is 1. The van der Waals surface area contributed by atoms with Gasteiger partial charge < -0.3 is 54.4 Å². The predicted octanol–water partition coefficient (Wildman–Crippen LogP) is 15.1. The average molecular weight is 1380 g/mol. The van der Waals surface area contributed by atoms with Gasteiger partial charge in [0.1, 0.15) is 30.2 Å². The van der Waals surface area contributed by atoms with Gasteiger partial charge >= 0.3 is 29.8 Å². The van der Waals surface area contributed by atoms with Crippen molar-refractivity contribution in [1.82, 2.24) is 4.57 Å². The summed E-state index contributed by atoms with van der Waals surface area (Å²) >= 11 is 0. The second-order valence-electron chi connectivity index (χ2n) is 30.0. The van der Waals surface area contributed by atoms with Crippen LogP contribution in [-0.4, -0.2) is 115 Å². The van der Waals surface area contributed by atoms with Crippen molar-refractivity contribution in [2.75, 3.05) is 5.32 Å². The molecule has 0 saturated carbocycles. The molecule has 3 aromatic carbocycles. The molecule has 1 amide bonds. The second-order valence-corrected chi connectivity index (χ2v) is 30.0. The number of halogens is 1. The molecule has 6 aliphatic rings. The first-order chi connectivity index (χ1) is 47.5. The molecule has 17 nitrogen and oxygen atoms in total. The smallest absolute Gasteiger partial charge is 0.311 e. The van der Waals surface area contributed by atoms with Crippen LogP contribution in [0.5, 0.6) is 0 Å². The Balaban J connectivity index is 0.000000195. The average Bonchev–Trinajstić information content (AvgIpc) is 0.931. The van der Waals surface area contributed by atoms with E-state index in [-0.39, 0.29) is 116 Å². The number of ether oxygens (including phenoxy) is 4. The molecule has 544 valence electrons. The third-order valence-corrected chi connectivity index (χ3v) is 21.2. The summed E-state index contributed by atoms with van der Waals surface area (Å²) in [4.78, 5) is 73.8. The van der Waals surface area contributed by atoms with E-state index in [4.69, 9.17) is 24.1 Å². The van der Waals surface area contributed by atoms with Crippen molar-refractivity contribution in [2.45, 2.75) is 234 Å². The number of carbonyl (C=O) groups excluding carboxylic acids is 5. The number of nitrogens with one attached hydrogen (secondary N) is 1. The molecule has 2 saturated heterocycles. The number of aliphatic hydroxyl groups excluding tert-OH is 4. The molecule has 18 heteroatoms. The molecule has 4 aromatic rings. The number of anilines is 1. The maximum absolute atomic E-state index is 14.0. The third-order valence-electron chi connectivity index (χ3n) is 21.2. The Morgan fingerprint density at radius 1 is 0.680 bits per heavy atom. The first kappa shape index (κ1) is 78.2. The summed E-state index contributed by atoms with van der Waals surface area (Å²) < 4.78 is 39.1. The van der Waals surface area contributed by atoms with Crippen LogP contribution < -0.4 is 5.32 Å². The zero-order valence-electron chi connectivity index (χ0n) is 60.4. The number of allylic oxidation sites excluding steroid dienone is 6. The normalized spacial score (nSPS) is 27.2. The number of amides is 1. The van der Waals surface area contributed by atoms with E-state index in [0.717, 1.165) is 62.6 Å². The van der Waals surface area contributed by atoms with Crippen LogP contribution in [0.4, 0.5) is 10.1 Å². The van der Waals surface area contributed by atoms with Crippen molar-refractivity contribution in [2.24, 2.45) is 58.7 Å². The molecule has 6 N–H and O–H groups in total. The topological polar surface area (TPSA) is 257 Å². The fraction of sp³-hybridized carbons (Fsp3) is 0.561. The maximum Gasteiger partial charge on any atom is 0.311 e. The number of aromatic nitrogens is 1. The van der Waals surface area contributed by atoms with E-state index in [1.54, 1.807) is 12.1 Å². The van der Waals surface area contributed by atoms with Crippen LogP contribution in [0.25, 0.3) is 22.4 Å². The van der Waals surface area contributed by atoms with E-state index in [1.807, 2.05) is 114 Å². The Labute approximate surface area is 590 Å². The third kappa shape index (κ3) is 20.8. The summed E-state index contributed by atoms with van der Waals surface area (Å²) in [5.74, 6) is -0.404. The first-order valence-corrected chi connectivity index (χ1v) is 36.5. The van der Waals surface area contributed by atoms with Crippen LogP contribution in [0.2, 0.25) is 0 Å². The van der Waals surface area contributed by atoms with Gasteiger partial charge in [0, 0.05) is 48.2 Å². The summed E-state index contributed by atoms with van der Waals surface area (Å²) in [5, 5.41) is 52.6. The number of nitrogens with zero attached hydrogens (tertiary/aromatic N) is 1. The lowest BCUT2D eigenvalue weighted by Crippen LogP contribution is -2.43. The summed E-state index contributed by atoms with van der Waals surface area (Å²) in [6.07, 6.45) is 16.8. The van der Waals surface area contributed by atoms with Gasteiger partial charge in [0.15, 0.2) is 0 Å². The molecule has 3 heterocycles.